The average Bonchev–Trinajstić information content (AvgIpc) is 3.13. The zero-order valence-corrected chi connectivity index (χ0v) is 11.2. The Labute approximate surface area is 124 Å². The molecule has 1 aromatic heterocycles. The van der Waals surface area contributed by atoms with E-state index in [1.807, 2.05) is 6.07 Å². The molecule has 1 aliphatic rings. The summed E-state index contributed by atoms with van der Waals surface area (Å²) >= 11 is 0. The summed E-state index contributed by atoms with van der Waals surface area (Å²) in [6, 6.07) is 11.7. The summed E-state index contributed by atoms with van der Waals surface area (Å²) in [6.45, 7) is 0. The van der Waals surface area contributed by atoms with Crippen LogP contribution in [-0.2, 0) is 4.79 Å². The van der Waals surface area contributed by atoms with E-state index in [2.05, 4.69) is 10.1 Å². The van der Waals surface area contributed by atoms with Gasteiger partial charge in [0.1, 0.15) is 4.92 Å². The molecule has 0 spiro atoms. The van der Waals surface area contributed by atoms with Gasteiger partial charge < -0.3 is 4.42 Å². The first-order valence-corrected chi connectivity index (χ1v) is 6.37. The quantitative estimate of drug-likeness (QED) is 0.493. The molecule has 0 aliphatic carbocycles. The van der Waals surface area contributed by atoms with E-state index in [9.17, 15) is 14.9 Å². The van der Waals surface area contributed by atoms with Crippen LogP contribution < -0.4 is 5.01 Å². The average molecular weight is 298 g/mol. The van der Waals surface area contributed by atoms with E-state index >= 15 is 0 Å². The second kappa shape index (κ2) is 5.60. The fraction of sp³-hybridized carbons (Fsp3) is 0.0714. The molecule has 0 fully saturated rings. The number of furan rings is 1. The van der Waals surface area contributed by atoms with E-state index in [1.54, 1.807) is 24.3 Å². The molecule has 8 nitrogen and oxygen atoms in total. The normalized spacial score (nSPS) is 14.6. The predicted molar refractivity (Wildman–Crippen MR) is 78.9 cm³/mol. The summed E-state index contributed by atoms with van der Waals surface area (Å²) in [4.78, 5) is 25.8. The van der Waals surface area contributed by atoms with Gasteiger partial charge in [-0.3, -0.25) is 14.9 Å². The van der Waals surface area contributed by atoms with Gasteiger partial charge >= 0.3 is 5.88 Å². The topological polar surface area (TPSA) is 101 Å². The Bertz CT molecular complexity index is 779. The number of rotatable bonds is 3. The molecule has 8 heteroatoms. The molecule has 0 atom stereocenters. The lowest BCUT2D eigenvalue weighted by Gasteiger charge is -2.10. The van der Waals surface area contributed by atoms with Crippen molar-refractivity contribution in [2.24, 2.45) is 10.1 Å². The maximum Gasteiger partial charge on any atom is 0.433 e. The van der Waals surface area contributed by atoms with Gasteiger partial charge in [-0.1, -0.05) is 18.2 Å². The number of hydrogen-bond acceptors (Lipinski definition) is 6. The maximum atomic E-state index is 11.9. The highest BCUT2D eigenvalue weighted by Crippen LogP contribution is 2.20. The summed E-state index contributed by atoms with van der Waals surface area (Å²) in [7, 11) is 0. The Morgan fingerprint density at radius 3 is 2.73 bits per heavy atom. The van der Waals surface area contributed by atoms with Crippen LogP contribution in [0.3, 0.4) is 0 Å². The van der Waals surface area contributed by atoms with Crippen LogP contribution in [0, 0.1) is 10.1 Å². The SMILES string of the molecule is O=C1CC(N=Cc2ccc([N+](=O)[O-])o2)=NN1c1ccccc1. The molecule has 0 bridgehead atoms. The molecule has 0 saturated carbocycles. The van der Waals surface area contributed by atoms with Gasteiger partial charge in [0, 0.05) is 0 Å². The number of para-hydroxylation sites is 1. The van der Waals surface area contributed by atoms with E-state index in [0.29, 0.717) is 11.5 Å². The van der Waals surface area contributed by atoms with Crippen molar-refractivity contribution in [2.45, 2.75) is 6.42 Å². The number of carbonyl (C=O) groups is 1. The second-order valence-electron chi connectivity index (χ2n) is 4.43. The molecule has 2 aromatic rings. The van der Waals surface area contributed by atoms with Crippen molar-refractivity contribution < 1.29 is 14.1 Å². The zero-order chi connectivity index (χ0) is 15.5. The molecular formula is C14H10N4O4. The molecule has 0 unspecified atom stereocenters. The molecule has 1 aliphatic heterocycles. The highest BCUT2D eigenvalue weighted by atomic mass is 16.6. The molecule has 2 heterocycles. The van der Waals surface area contributed by atoms with E-state index in [4.69, 9.17) is 4.42 Å². The molecule has 110 valence electrons. The Hall–Kier alpha value is -3.29. The summed E-state index contributed by atoms with van der Waals surface area (Å²) in [5.41, 5.74) is 0.659. The van der Waals surface area contributed by atoms with Crippen LogP contribution in [0.1, 0.15) is 12.2 Å². The van der Waals surface area contributed by atoms with Gasteiger partial charge in [-0.05, 0) is 18.2 Å². The third-order valence-electron chi connectivity index (χ3n) is 2.90. The first kappa shape index (κ1) is 13.7. The Morgan fingerprint density at radius 2 is 2.05 bits per heavy atom. The minimum Gasteiger partial charge on any atom is -0.400 e. The molecule has 22 heavy (non-hydrogen) atoms. The van der Waals surface area contributed by atoms with Gasteiger partial charge in [-0.15, -0.1) is 5.10 Å². The summed E-state index contributed by atoms with van der Waals surface area (Å²) < 4.78 is 4.94. The predicted octanol–water partition coefficient (Wildman–Crippen LogP) is 2.36. The summed E-state index contributed by atoms with van der Waals surface area (Å²) in [6.07, 6.45) is 1.36. The highest BCUT2D eigenvalue weighted by Gasteiger charge is 2.24. The van der Waals surface area contributed by atoms with Crippen LogP contribution >= 0.6 is 0 Å². The Balaban J connectivity index is 1.76. The number of amides is 1. The first-order valence-electron chi connectivity index (χ1n) is 6.37. The first-order chi connectivity index (χ1) is 10.6. The molecule has 3 rings (SSSR count). The van der Waals surface area contributed by atoms with Crippen molar-refractivity contribution in [3.05, 3.63) is 58.3 Å². The number of carbonyl (C=O) groups excluding carboxylic acids is 1. The second-order valence-corrected chi connectivity index (χ2v) is 4.43. The highest BCUT2D eigenvalue weighted by molar-refractivity contribution is 6.14. The summed E-state index contributed by atoms with van der Waals surface area (Å²) in [5.74, 6) is -0.0199. The maximum absolute atomic E-state index is 11.9. The third-order valence-corrected chi connectivity index (χ3v) is 2.90. The van der Waals surface area contributed by atoms with Gasteiger partial charge in [0.15, 0.2) is 11.6 Å². The van der Waals surface area contributed by atoms with Gasteiger partial charge in [-0.2, -0.15) is 5.01 Å². The Morgan fingerprint density at radius 1 is 1.27 bits per heavy atom. The fourth-order valence-corrected chi connectivity index (χ4v) is 1.91. The van der Waals surface area contributed by atoms with Crippen LogP contribution in [0.25, 0.3) is 0 Å². The van der Waals surface area contributed by atoms with E-state index in [0.717, 1.165) is 0 Å². The lowest BCUT2D eigenvalue weighted by Crippen LogP contribution is -2.19. The van der Waals surface area contributed by atoms with Crippen molar-refractivity contribution in [3.63, 3.8) is 0 Å². The van der Waals surface area contributed by atoms with Crippen molar-refractivity contribution >= 4 is 29.5 Å². The zero-order valence-electron chi connectivity index (χ0n) is 11.2. The molecule has 0 radical (unpaired) electrons. The van der Waals surface area contributed by atoms with Crippen molar-refractivity contribution in [1.29, 1.82) is 0 Å². The third kappa shape index (κ3) is 2.75. The minimum atomic E-state index is -0.634. The van der Waals surface area contributed by atoms with Gasteiger partial charge in [0.05, 0.1) is 24.4 Å². The largest absolute Gasteiger partial charge is 0.433 e. The lowest BCUT2D eigenvalue weighted by molar-refractivity contribution is -0.402. The van der Waals surface area contributed by atoms with Crippen molar-refractivity contribution in [1.82, 2.24) is 0 Å². The number of nitro groups is 1. The van der Waals surface area contributed by atoms with Crippen molar-refractivity contribution in [2.75, 3.05) is 5.01 Å². The fourth-order valence-electron chi connectivity index (χ4n) is 1.91. The number of hydrazone groups is 1. The van der Waals surface area contributed by atoms with Gasteiger partial charge in [0.25, 0.3) is 5.91 Å². The smallest absolute Gasteiger partial charge is 0.400 e. The standard InChI is InChI=1S/C14H10N4O4/c19-13-8-12(16-17(13)10-4-2-1-3-5-10)15-9-11-6-7-14(22-11)18(20)21/h1-7,9H,8H2. The van der Waals surface area contributed by atoms with Crippen LogP contribution in [-0.4, -0.2) is 22.9 Å². The van der Waals surface area contributed by atoms with Crippen LogP contribution in [0.15, 0.2) is 57.0 Å². The van der Waals surface area contributed by atoms with E-state index < -0.39 is 4.92 Å². The molecule has 0 saturated heterocycles. The summed E-state index contributed by atoms with van der Waals surface area (Å²) in [5, 5.41) is 15.9. The van der Waals surface area contributed by atoms with Gasteiger partial charge in [-0.25, -0.2) is 4.99 Å². The number of aliphatic imine (C=N–C) groups is 1. The number of amidine groups is 1. The number of nitrogens with zero attached hydrogens (tertiary/aromatic N) is 4. The lowest BCUT2D eigenvalue weighted by atomic mass is 10.3. The van der Waals surface area contributed by atoms with Crippen LogP contribution in [0.2, 0.25) is 0 Å². The molecule has 1 aromatic carbocycles. The number of hydrogen-bond donors (Lipinski definition) is 0. The molecule has 1 amide bonds. The molecule has 0 N–H and O–H groups in total. The monoisotopic (exact) mass is 298 g/mol. The van der Waals surface area contributed by atoms with Crippen LogP contribution in [0.4, 0.5) is 11.6 Å². The number of benzene rings is 1. The van der Waals surface area contributed by atoms with E-state index in [-0.39, 0.29) is 24.0 Å². The van der Waals surface area contributed by atoms with E-state index in [1.165, 1.54) is 23.4 Å². The number of anilines is 1. The van der Waals surface area contributed by atoms with Crippen molar-refractivity contribution in [3.8, 4) is 0 Å². The minimum absolute atomic E-state index is 0.0637. The molecular weight excluding hydrogens is 288 g/mol. The van der Waals surface area contributed by atoms with Gasteiger partial charge in [0.2, 0.25) is 0 Å². The Kier molecular flexibility index (Phi) is 3.48. The van der Waals surface area contributed by atoms with Crippen LogP contribution in [0.5, 0.6) is 0 Å².